The van der Waals surface area contributed by atoms with Crippen molar-refractivity contribution in [2.24, 2.45) is 0 Å². The Kier molecular flexibility index (Phi) is 49.4. The first kappa shape index (κ1) is 60.1. The van der Waals surface area contributed by atoms with Gasteiger partial charge in [0.15, 0.2) is 6.10 Å². The monoisotopic (exact) mass is 881 g/mol. The molecule has 0 radical (unpaired) electrons. The smallest absolute Gasteiger partial charge is 0.306 e. The molecule has 0 aromatic rings. The van der Waals surface area contributed by atoms with Crippen LogP contribution in [0.4, 0.5) is 0 Å². The van der Waals surface area contributed by atoms with E-state index in [9.17, 15) is 14.4 Å². The summed E-state index contributed by atoms with van der Waals surface area (Å²) < 4.78 is 16.8. The lowest BCUT2D eigenvalue weighted by atomic mass is 10.0. The number of allylic oxidation sites excluding steroid dienone is 10. The molecule has 0 spiro atoms. The molecule has 364 valence electrons. The minimum absolute atomic E-state index is 0.0824. The standard InChI is InChI=1S/C57H100O6/c1-4-7-10-13-16-19-22-25-27-28-29-30-31-33-35-38-41-44-47-50-56(59)62-53-54(52-61-55(58)49-46-43-40-37-34-24-21-18-15-12-9-6-3)63-57(60)51-48-45-42-39-36-32-26-23-20-17-14-11-8-5-2/h14,16-17,19,23,25-27,29-30,54H,4-13,15,18,20-22,24,28,31-53H2,1-3H3/b17-14-,19-16-,26-23-,27-25-,30-29-/t54-/m1/s1. The van der Waals surface area contributed by atoms with Crippen LogP contribution in [0.5, 0.6) is 0 Å². The molecule has 0 rings (SSSR count). The Hall–Kier alpha value is -2.89. The molecule has 0 N–H and O–H groups in total. The summed E-state index contributed by atoms with van der Waals surface area (Å²) in [6.45, 7) is 6.55. The summed E-state index contributed by atoms with van der Waals surface area (Å²) in [6, 6.07) is 0. The van der Waals surface area contributed by atoms with Crippen molar-refractivity contribution < 1.29 is 28.6 Å². The lowest BCUT2D eigenvalue weighted by Crippen LogP contribution is -2.30. The van der Waals surface area contributed by atoms with E-state index >= 15 is 0 Å². The summed E-state index contributed by atoms with van der Waals surface area (Å²) in [6.07, 6.45) is 63.4. The van der Waals surface area contributed by atoms with Crippen molar-refractivity contribution in [1.29, 1.82) is 0 Å². The Morgan fingerprint density at radius 2 is 0.587 bits per heavy atom. The molecular formula is C57H100O6. The van der Waals surface area contributed by atoms with Gasteiger partial charge in [-0.25, -0.2) is 0 Å². The lowest BCUT2D eigenvalue weighted by molar-refractivity contribution is -0.167. The minimum atomic E-state index is -0.784. The van der Waals surface area contributed by atoms with Crippen LogP contribution in [0.2, 0.25) is 0 Å². The predicted octanol–water partition coefficient (Wildman–Crippen LogP) is 17.6. The molecule has 0 bridgehead atoms. The predicted molar refractivity (Wildman–Crippen MR) is 270 cm³/mol. The highest BCUT2D eigenvalue weighted by molar-refractivity contribution is 5.71. The van der Waals surface area contributed by atoms with Crippen LogP contribution in [0.15, 0.2) is 60.8 Å². The van der Waals surface area contributed by atoms with Crippen LogP contribution in [0.1, 0.15) is 265 Å². The molecular weight excluding hydrogens is 781 g/mol. The Morgan fingerprint density at radius 1 is 0.317 bits per heavy atom. The van der Waals surface area contributed by atoms with Gasteiger partial charge in [0.05, 0.1) is 0 Å². The molecule has 0 aliphatic carbocycles. The highest BCUT2D eigenvalue weighted by atomic mass is 16.6. The summed E-state index contributed by atoms with van der Waals surface area (Å²) in [7, 11) is 0. The van der Waals surface area contributed by atoms with Crippen molar-refractivity contribution in [3.8, 4) is 0 Å². The van der Waals surface area contributed by atoms with Crippen LogP contribution in [0, 0.1) is 0 Å². The van der Waals surface area contributed by atoms with Gasteiger partial charge >= 0.3 is 17.9 Å². The highest BCUT2D eigenvalue weighted by Crippen LogP contribution is 2.15. The normalized spacial score (nSPS) is 12.5. The third-order valence-corrected chi connectivity index (χ3v) is 11.5. The minimum Gasteiger partial charge on any atom is -0.462 e. The van der Waals surface area contributed by atoms with Crippen LogP contribution in [-0.2, 0) is 28.6 Å². The molecule has 6 nitrogen and oxygen atoms in total. The van der Waals surface area contributed by atoms with Crippen LogP contribution < -0.4 is 0 Å². The van der Waals surface area contributed by atoms with E-state index in [1.165, 1.54) is 122 Å². The van der Waals surface area contributed by atoms with E-state index in [1.54, 1.807) is 0 Å². The lowest BCUT2D eigenvalue weighted by Gasteiger charge is -2.18. The van der Waals surface area contributed by atoms with E-state index in [-0.39, 0.29) is 31.1 Å². The van der Waals surface area contributed by atoms with E-state index in [0.717, 1.165) is 103 Å². The Bertz CT molecular complexity index is 1150. The molecule has 0 amide bonds. The average molecular weight is 881 g/mol. The van der Waals surface area contributed by atoms with E-state index in [1.807, 2.05) is 0 Å². The number of rotatable bonds is 48. The van der Waals surface area contributed by atoms with Gasteiger partial charge < -0.3 is 14.2 Å². The molecule has 0 heterocycles. The maximum atomic E-state index is 12.8. The first-order valence-corrected chi connectivity index (χ1v) is 26.8. The number of unbranched alkanes of at least 4 members (excludes halogenated alkanes) is 27. The molecule has 1 atom stereocenters. The van der Waals surface area contributed by atoms with Crippen LogP contribution in [0.3, 0.4) is 0 Å². The second-order valence-electron chi connectivity index (χ2n) is 17.8. The van der Waals surface area contributed by atoms with Gasteiger partial charge in [-0.15, -0.1) is 0 Å². The third-order valence-electron chi connectivity index (χ3n) is 11.5. The molecule has 0 aliphatic rings. The number of hydrogen-bond acceptors (Lipinski definition) is 6. The van der Waals surface area contributed by atoms with Gasteiger partial charge in [0.1, 0.15) is 13.2 Å². The van der Waals surface area contributed by atoms with Gasteiger partial charge in [0, 0.05) is 19.3 Å². The van der Waals surface area contributed by atoms with Crippen LogP contribution in [-0.4, -0.2) is 37.2 Å². The summed E-state index contributed by atoms with van der Waals surface area (Å²) in [5.74, 6) is -0.904. The second kappa shape index (κ2) is 51.7. The summed E-state index contributed by atoms with van der Waals surface area (Å²) in [4.78, 5) is 38.0. The van der Waals surface area contributed by atoms with Crippen molar-refractivity contribution in [3.05, 3.63) is 60.8 Å². The SMILES string of the molecule is CCCC/C=C\C/C=C\CCCCCCCC(=O)O[C@@H](COC(=O)CCCCCCCC/C=C\C/C=C\C/C=C\CCCCC)COC(=O)CCCCCCCCCCCCCC. The molecule has 0 saturated heterocycles. The third kappa shape index (κ3) is 50.0. The molecule has 0 aromatic carbocycles. The fraction of sp³-hybridized carbons (Fsp3) is 0.772. The van der Waals surface area contributed by atoms with E-state index in [2.05, 4.69) is 81.5 Å². The van der Waals surface area contributed by atoms with Gasteiger partial charge in [0.2, 0.25) is 0 Å². The van der Waals surface area contributed by atoms with Gasteiger partial charge in [-0.1, -0.05) is 223 Å². The van der Waals surface area contributed by atoms with E-state index in [0.29, 0.717) is 19.3 Å². The van der Waals surface area contributed by atoms with E-state index in [4.69, 9.17) is 14.2 Å². The highest BCUT2D eigenvalue weighted by Gasteiger charge is 2.19. The number of ether oxygens (including phenoxy) is 3. The maximum absolute atomic E-state index is 12.8. The zero-order chi connectivity index (χ0) is 45.8. The van der Waals surface area contributed by atoms with Crippen molar-refractivity contribution in [3.63, 3.8) is 0 Å². The topological polar surface area (TPSA) is 78.9 Å². The summed E-state index contributed by atoms with van der Waals surface area (Å²) in [5, 5.41) is 0. The zero-order valence-electron chi connectivity index (χ0n) is 41.6. The molecule has 0 aliphatic heterocycles. The van der Waals surface area contributed by atoms with Gasteiger partial charge in [0.25, 0.3) is 0 Å². The molecule has 63 heavy (non-hydrogen) atoms. The Balaban J connectivity index is 4.39. The molecule has 6 heteroatoms. The van der Waals surface area contributed by atoms with E-state index < -0.39 is 6.10 Å². The van der Waals surface area contributed by atoms with Crippen molar-refractivity contribution >= 4 is 17.9 Å². The van der Waals surface area contributed by atoms with Crippen molar-refractivity contribution in [1.82, 2.24) is 0 Å². The first-order valence-electron chi connectivity index (χ1n) is 26.8. The molecule has 0 saturated carbocycles. The number of esters is 3. The fourth-order valence-electron chi connectivity index (χ4n) is 7.41. The Morgan fingerprint density at radius 3 is 0.968 bits per heavy atom. The average Bonchev–Trinajstić information content (AvgIpc) is 3.28. The molecule has 0 aromatic heterocycles. The van der Waals surface area contributed by atoms with Crippen molar-refractivity contribution in [2.75, 3.05) is 13.2 Å². The second-order valence-corrected chi connectivity index (χ2v) is 17.8. The fourth-order valence-corrected chi connectivity index (χ4v) is 7.41. The van der Waals surface area contributed by atoms with Crippen LogP contribution in [0.25, 0.3) is 0 Å². The summed E-state index contributed by atoms with van der Waals surface area (Å²) >= 11 is 0. The number of carbonyl (C=O) groups is 3. The van der Waals surface area contributed by atoms with Crippen molar-refractivity contribution in [2.45, 2.75) is 271 Å². The number of carbonyl (C=O) groups excluding carboxylic acids is 3. The molecule has 0 unspecified atom stereocenters. The first-order chi connectivity index (χ1) is 31.0. The molecule has 0 fully saturated rings. The van der Waals surface area contributed by atoms with Crippen LogP contribution >= 0.6 is 0 Å². The quantitative estimate of drug-likeness (QED) is 0.0262. The number of hydrogen-bond donors (Lipinski definition) is 0. The van der Waals surface area contributed by atoms with Gasteiger partial charge in [-0.3, -0.25) is 14.4 Å². The largest absolute Gasteiger partial charge is 0.462 e. The van der Waals surface area contributed by atoms with Gasteiger partial charge in [-0.2, -0.15) is 0 Å². The van der Waals surface area contributed by atoms with Gasteiger partial charge in [-0.05, 0) is 83.5 Å². The zero-order valence-corrected chi connectivity index (χ0v) is 41.6. The summed E-state index contributed by atoms with van der Waals surface area (Å²) in [5.41, 5.74) is 0. The Labute approximate surface area is 390 Å². The maximum Gasteiger partial charge on any atom is 0.306 e.